The molecule has 0 aromatic carbocycles. The molecule has 0 aliphatic heterocycles. The monoisotopic (exact) mass is 247 g/mol. The van der Waals surface area contributed by atoms with Gasteiger partial charge in [0.25, 0.3) is 0 Å². The largest absolute Gasteiger partial charge is 0.396 e. The van der Waals surface area contributed by atoms with Crippen molar-refractivity contribution in [2.45, 2.75) is 20.3 Å². The van der Waals surface area contributed by atoms with Crippen molar-refractivity contribution in [3.63, 3.8) is 0 Å². The lowest BCUT2D eigenvalue weighted by Crippen LogP contribution is -2.41. The van der Waals surface area contributed by atoms with Gasteiger partial charge in [0.2, 0.25) is 0 Å². The minimum Gasteiger partial charge on any atom is -0.396 e. The fraction of sp³-hybridized carbons (Fsp3) is 0.636. The van der Waals surface area contributed by atoms with Gasteiger partial charge in [-0.1, -0.05) is 25.4 Å². The standard InChI is InChI=1S/C11H18ClNOS/c1-8(2)11(6-13,7-14)5-9-3-4-10(12)15-9/h3-4,8,14H,5-7,13H2,1-2H3. The molecule has 0 spiro atoms. The fourth-order valence-corrected chi connectivity index (χ4v) is 2.85. The first-order valence-corrected chi connectivity index (χ1v) is 6.28. The molecule has 0 amide bonds. The minimum absolute atomic E-state index is 0.122. The van der Waals surface area contributed by atoms with Crippen LogP contribution < -0.4 is 5.73 Å². The Kier molecular flexibility index (Phi) is 4.59. The van der Waals surface area contributed by atoms with Crippen LogP contribution in [0.5, 0.6) is 0 Å². The van der Waals surface area contributed by atoms with Crippen molar-refractivity contribution in [1.29, 1.82) is 0 Å². The fourth-order valence-electron chi connectivity index (χ4n) is 1.61. The van der Waals surface area contributed by atoms with Crippen LogP contribution in [0, 0.1) is 11.3 Å². The van der Waals surface area contributed by atoms with Crippen LogP contribution in [0.3, 0.4) is 0 Å². The Balaban J connectivity index is 2.83. The van der Waals surface area contributed by atoms with Gasteiger partial charge in [0, 0.05) is 16.8 Å². The first-order valence-electron chi connectivity index (χ1n) is 5.09. The van der Waals surface area contributed by atoms with Crippen molar-refractivity contribution in [3.05, 3.63) is 21.3 Å². The summed E-state index contributed by atoms with van der Waals surface area (Å²) in [5.74, 6) is 0.355. The summed E-state index contributed by atoms with van der Waals surface area (Å²) in [4.78, 5) is 1.19. The second-order valence-electron chi connectivity index (χ2n) is 4.26. The minimum atomic E-state index is -0.214. The summed E-state index contributed by atoms with van der Waals surface area (Å²) in [6.07, 6.45) is 0.801. The van der Waals surface area contributed by atoms with E-state index in [2.05, 4.69) is 13.8 Å². The normalized spacial score (nSPS) is 15.6. The van der Waals surface area contributed by atoms with Gasteiger partial charge in [0.15, 0.2) is 0 Å². The molecule has 0 bridgehead atoms. The number of hydrogen-bond donors (Lipinski definition) is 2. The molecule has 1 unspecified atom stereocenters. The highest BCUT2D eigenvalue weighted by Crippen LogP contribution is 2.33. The lowest BCUT2D eigenvalue weighted by Gasteiger charge is -2.34. The van der Waals surface area contributed by atoms with Crippen LogP contribution in [-0.2, 0) is 6.42 Å². The van der Waals surface area contributed by atoms with Crippen LogP contribution in [0.4, 0.5) is 0 Å². The second-order valence-corrected chi connectivity index (χ2v) is 6.06. The molecule has 0 fully saturated rings. The number of thiophene rings is 1. The van der Waals surface area contributed by atoms with Gasteiger partial charge >= 0.3 is 0 Å². The molecule has 0 saturated heterocycles. The predicted octanol–water partition coefficient (Wildman–Crippen LogP) is 2.54. The molecule has 86 valence electrons. The number of halogens is 1. The van der Waals surface area contributed by atoms with Crippen LogP contribution in [0.2, 0.25) is 4.34 Å². The summed E-state index contributed by atoms with van der Waals surface area (Å²) in [6, 6.07) is 3.90. The molecular formula is C11H18ClNOS. The van der Waals surface area contributed by atoms with E-state index in [-0.39, 0.29) is 12.0 Å². The van der Waals surface area contributed by atoms with E-state index in [4.69, 9.17) is 17.3 Å². The molecule has 1 heterocycles. The number of hydrogen-bond acceptors (Lipinski definition) is 3. The third-order valence-electron chi connectivity index (χ3n) is 3.10. The van der Waals surface area contributed by atoms with E-state index in [0.29, 0.717) is 12.5 Å². The van der Waals surface area contributed by atoms with E-state index in [1.807, 2.05) is 12.1 Å². The van der Waals surface area contributed by atoms with Crippen molar-refractivity contribution >= 4 is 22.9 Å². The number of rotatable bonds is 5. The summed E-state index contributed by atoms with van der Waals surface area (Å²) in [7, 11) is 0. The topological polar surface area (TPSA) is 46.2 Å². The Labute approximate surface area is 100 Å². The first-order chi connectivity index (χ1) is 7.04. The summed E-state index contributed by atoms with van der Waals surface area (Å²) in [5, 5.41) is 9.51. The van der Waals surface area contributed by atoms with Crippen LogP contribution in [0.15, 0.2) is 12.1 Å². The zero-order chi connectivity index (χ0) is 11.5. The van der Waals surface area contributed by atoms with Crippen LogP contribution in [0.1, 0.15) is 18.7 Å². The van der Waals surface area contributed by atoms with Crippen LogP contribution >= 0.6 is 22.9 Å². The molecule has 1 aromatic heterocycles. The van der Waals surface area contributed by atoms with Gasteiger partial charge in [-0.15, -0.1) is 11.3 Å². The summed E-state index contributed by atoms with van der Waals surface area (Å²) < 4.78 is 0.789. The molecule has 2 nitrogen and oxygen atoms in total. The van der Waals surface area contributed by atoms with Gasteiger partial charge in [-0.3, -0.25) is 0 Å². The van der Waals surface area contributed by atoms with E-state index >= 15 is 0 Å². The predicted molar refractivity (Wildman–Crippen MR) is 66.4 cm³/mol. The van der Waals surface area contributed by atoms with Crippen molar-refractivity contribution in [3.8, 4) is 0 Å². The highest BCUT2D eigenvalue weighted by molar-refractivity contribution is 7.16. The summed E-state index contributed by atoms with van der Waals surface area (Å²) >= 11 is 7.44. The molecule has 4 heteroatoms. The van der Waals surface area contributed by atoms with Gasteiger partial charge in [0.05, 0.1) is 10.9 Å². The lowest BCUT2D eigenvalue weighted by atomic mass is 9.75. The summed E-state index contributed by atoms with van der Waals surface area (Å²) in [6.45, 7) is 4.81. The van der Waals surface area contributed by atoms with Crippen LogP contribution in [-0.4, -0.2) is 18.3 Å². The first kappa shape index (κ1) is 13.0. The van der Waals surface area contributed by atoms with Crippen LogP contribution in [0.25, 0.3) is 0 Å². The smallest absolute Gasteiger partial charge is 0.0931 e. The van der Waals surface area contributed by atoms with Crippen molar-refractivity contribution in [2.24, 2.45) is 17.1 Å². The van der Waals surface area contributed by atoms with Gasteiger partial charge in [0.1, 0.15) is 0 Å². The van der Waals surface area contributed by atoms with Crippen molar-refractivity contribution in [2.75, 3.05) is 13.2 Å². The van der Waals surface area contributed by atoms with Gasteiger partial charge < -0.3 is 10.8 Å². The Morgan fingerprint density at radius 1 is 1.53 bits per heavy atom. The molecular weight excluding hydrogens is 230 g/mol. The average Bonchev–Trinajstić information content (AvgIpc) is 2.60. The highest BCUT2D eigenvalue weighted by atomic mass is 35.5. The third kappa shape index (κ3) is 2.94. The molecule has 1 rings (SSSR count). The van der Waals surface area contributed by atoms with Crippen molar-refractivity contribution in [1.82, 2.24) is 0 Å². The molecule has 0 aliphatic carbocycles. The second kappa shape index (κ2) is 5.30. The summed E-state index contributed by atoms with van der Waals surface area (Å²) in [5.41, 5.74) is 5.57. The van der Waals surface area contributed by atoms with E-state index in [0.717, 1.165) is 10.8 Å². The SMILES string of the molecule is CC(C)C(CN)(CO)Cc1ccc(Cl)s1. The Morgan fingerprint density at radius 2 is 2.20 bits per heavy atom. The quantitative estimate of drug-likeness (QED) is 0.840. The maximum absolute atomic E-state index is 9.51. The average molecular weight is 248 g/mol. The Hall–Kier alpha value is -0.0900. The number of nitrogens with two attached hydrogens (primary N) is 1. The lowest BCUT2D eigenvalue weighted by molar-refractivity contribution is 0.0851. The molecule has 0 radical (unpaired) electrons. The van der Waals surface area contributed by atoms with Gasteiger partial charge in [-0.05, 0) is 24.5 Å². The molecule has 0 aliphatic rings. The van der Waals surface area contributed by atoms with Gasteiger partial charge in [-0.2, -0.15) is 0 Å². The molecule has 0 saturated carbocycles. The Bertz CT molecular complexity index is 307. The molecule has 1 atom stereocenters. The Morgan fingerprint density at radius 3 is 2.53 bits per heavy atom. The van der Waals surface area contributed by atoms with E-state index in [1.165, 1.54) is 4.88 Å². The van der Waals surface area contributed by atoms with Crippen molar-refractivity contribution < 1.29 is 5.11 Å². The zero-order valence-electron chi connectivity index (χ0n) is 9.16. The molecule has 3 N–H and O–H groups in total. The molecule has 1 aromatic rings. The van der Waals surface area contributed by atoms with E-state index in [1.54, 1.807) is 11.3 Å². The molecule has 15 heavy (non-hydrogen) atoms. The zero-order valence-corrected chi connectivity index (χ0v) is 10.7. The van der Waals surface area contributed by atoms with E-state index < -0.39 is 0 Å². The maximum Gasteiger partial charge on any atom is 0.0931 e. The number of aliphatic hydroxyl groups is 1. The number of aliphatic hydroxyl groups excluding tert-OH is 1. The maximum atomic E-state index is 9.51. The third-order valence-corrected chi connectivity index (χ3v) is 4.33. The van der Waals surface area contributed by atoms with Gasteiger partial charge in [-0.25, -0.2) is 0 Å². The van der Waals surface area contributed by atoms with E-state index in [9.17, 15) is 5.11 Å². The highest BCUT2D eigenvalue weighted by Gasteiger charge is 2.32.